The Balaban J connectivity index is 1.95. The number of rotatable bonds is 7. The number of halogens is 6. The van der Waals surface area contributed by atoms with Gasteiger partial charge in [0.15, 0.2) is 5.82 Å². The second-order valence-corrected chi connectivity index (χ2v) is 15.3. The average Bonchev–Trinajstić information content (AvgIpc) is 2.78. The van der Waals surface area contributed by atoms with E-state index in [2.05, 4.69) is 19.6 Å². The average molecular weight is 542 g/mol. The standard InChI is InChI=1S/C26H25Cl2F4NOSi/c1-35(2,3)21-10-6-18(7-11-21)16-33(13-12-17-4-8-20(27)9-5-17)25(34)22-14-19(26(30,31)32)15-23(28)24(22)29/h4-11,14-15H,12-13,16H2,1-3H3. The van der Waals surface area contributed by atoms with Gasteiger partial charge < -0.3 is 4.90 Å². The van der Waals surface area contributed by atoms with Crippen molar-refractivity contribution >= 4 is 42.4 Å². The lowest BCUT2D eigenvalue weighted by molar-refractivity contribution is -0.137. The fourth-order valence-corrected chi connectivity index (χ4v) is 5.09. The summed E-state index contributed by atoms with van der Waals surface area (Å²) in [5.74, 6) is -2.03. The molecule has 0 spiro atoms. The number of amides is 1. The van der Waals surface area contributed by atoms with Gasteiger partial charge in [-0.25, -0.2) is 4.39 Å². The molecule has 0 unspecified atom stereocenters. The van der Waals surface area contributed by atoms with E-state index < -0.39 is 42.1 Å². The van der Waals surface area contributed by atoms with E-state index in [4.69, 9.17) is 23.2 Å². The molecule has 3 rings (SSSR count). The van der Waals surface area contributed by atoms with Crippen LogP contribution >= 0.6 is 23.2 Å². The zero-order valence-electron chi connectivity index (χ0n) is 19.5. The second-order valence-electron chi connectivity index (χ2n) is 9.37. The van der Waals surface area contributed by atoms with Crippen LogP contribution in [0.25, 0.3) is 0 Å². The molecule has 35 heavy (non-hydrogen) atoms. The molecule has 0 bridgehead atoms. The Bertz CT molecular complexity index is 1190. The number of alkyl halides is 3. The summed E-state index contributed by atoms with van der Waals surface area (Å²) in [6.45, 7) is 6.90. The number of hydrogen-bond donors (Lipinski definition) is 0. The number of carbonyl (C=O) groups excluding carboxylic acids is 1. The van der Waals surface area contributed by atoms with E-state index in [1.54, 1.807) is 24.3 Å². The molecule has 0 saturated carbocycles. The smallest absolute Gasteiger partial charge is 0.334 e. The fourth-order valence-electron chi connectivity index (χ4n) is 3.58. The van der Waals surface area contributed by atoms with Crippen LogP contribution in [0, 0.1) is 5.82 Å². The van der Waals surface area contributed by atoms with Crippen molar-refractivity contribution in [1.82, 2.24) is 4.90 Å². The van der Waals surface area contributed by atoms with Crippen molar-refractivity contribution < 1.29 is 22.4 Å². The molecule has 0 aliphatic heterocycles. The number of carbonyl (C=O) groups is 1. The van der Waals surface area contributed by atoms with Gasteiger partial charge >= 0.3 is 6.18 Å². The molecule has 1 amide bonds. The lowest BCUT2D eigenvalue weighted by atomic mass is 10.1. The minimum Gasteiger partial charge on any atom is -0.334 e. The molecule has 0 heterocycles. The summed E-state index contributed by atoms with van der Waals surface area (Å²) in [5, 5.41) is 1.04. The highest BCUT2D eigenvalue weighted by Gasteiger charge is 2.34. The quantitative estimate of drug-likeness (QED) is 0.223. The van der Waals surface area contributed by atoms with Crippen LogP contribution in [0.1, 0.15) is 27.0 Å². The van der Waals surface area contributed by atoms with Crippen LogP contribution < -0.4 is 5.19 Å². The largest absolute Gasteiger partial charge is 0.416 e. The minimum atomic E-state index is -4.77. The molecule has 0 fully saturated rings. The Morgan fingerprint density at radius 1 is 0.914 bits per heavy atom. The van der Waals surface area contributed by atoms with Crippen LogP contribution in [0.5, 0.6) is 0 Å². The summed E-state index contributed by atoms with van der Waals surface area (Å²) in [5.41, 5.74) is -0.220. The number of hydrogen-bond acceptors (Lipinski definition) is 1. The molecule has 0 radical (unpaired) electrons. The molecule has 3 aromatic carbocycles. The monoisotopic (exact) mass is 541 g/mol. The zero-order chi connectivity index (χ0) is 26.0. The highest BCUT2D eigenvalue weighted by atomic mass is 35.5. The first kappa shape index (κ1) is 27.2. The topological polar surface area (TPSA) is 20.3 Å². The van der Waals surface area contributed by atoms with E-state index in [0.717, 1.165) is 11.1 Å². The molecule has 3 aromatic rings. The minimum absolute atomic E-state index is 0.103. The van der Waals surface area contributed by atoms with Crippen molar-refractivity contribution in [2.45, 2.75) is 38.8 Å². The van der Waals surface area contributed by atoms with E-state index in [-0.39, 0.29) is 13.1 Å². The van der Waals surface area contributed by atoms with E-state index in [1.807, 2.05) is 24.3 Å². The highest BCUT2D eigenvalue weighted by molar-refractivity contribution is 6.88. The maximum Gasteiger partial charge on any atom is 0.416 e. The van der Waals surface area contributed by atoms with Crippen molar-refractivity contribution in [3.8, 4) is 0 Å². The maximum atomic E-state index is 14.8. The van der Waals surface area contributed by atoms with Crippen LogP contribution in [0.4, 0.5) is 17.6 Å². The Labute approximate surface area is 213 Å². The van der Waals surface area contributed by atoms with Crippen molar-refractivity contribution in [2.24, 2.45) is 0 Å². The van der Waals surface area contributed by atoms with Gasteiger partial charge in [0, 0.05) is 18.1 Å². The molecule has 9 heteroatoms. The SMILES string of the molecule is C[Si](C)(C)c1ccc(CN(CCc2ccc(Cl)cc2)C(=O)c2cc(C(F)(F)F)cc(Cl)c2F)cc1. The first-order valence-corrected chi connectivity index (χ1v) is 15.2. The summed E-state index contributed by atoms with van der Waals surface area (Å²) in [6.07, 6.45) is -4.36. The van der Waals surface area contributed by atoms with Gasteiger partial charge in [0.05, 0.1) is 24.2 Å². The van der Waals surface area contributed by atoms with Crippen molar-refractivity contribution in [2.75, 3.05) is 6.54 Å². The molecule has 0 atom stereocenters. The normalized spacial score (nSPS) is 12.0. The van der Waals surface area contributed by atoms with E-state index in [9.17, 15) is 22.4 Å². The summed E-state index contributed by atoms with van der Waals surface area (Å²) in [4.78, 5) is 14.7. The van der Waals surface area contributed by atoms with Crippen molar-refractivity contribution in [3.05, 3.63) is 98.8 Å². The lowest BCUT2D eigenvalue weighted by Crippen LogP contribution is -2.37. The summed E-state index contributed by atoms with van der Waals surface area (Å²) in [7, 11) is -1.53. The van der Waals surface area contributed by atoms with Gasteiger partial charge in [0.2, 0.25) is 0 Å². The van der Waals surface area contributed by atoms with Crippen LogP contribution in [0.2, 0.25) is 29.7 Å². The number of benzene rings is 3. The molecular weight excluding hydrogens is 517 g/mol. The van der Waals surface area contributed by atoms with E-state index >= 15 is 0 Å². The van der Waals surface area contributed by atoms with Crippen LogP contribution in [0.15, 0.2) is 60.7 Å². The third-order valence-electron chi connectivity index (χ3n) is 5.65. The van der Waals surface area contributed by atoms with Gasteiger partial charge in [0.1, 0.15) is 0 Å². The molecule has 186 valence electrons. The van der Waals surface area contributed by atoms with Gasteiger partial charge in [-0.3, -0.25) is 4.79 Å². The predicted molar refractivity (Wildman–Crippen MR) is 136 cm³/mol. The Morgan fingerprint density at radius 2 is 1.49 bits per heavy atom. The van der Waals surface area contributed by atoms with Crippen LogP contribution in [-0.2, 0) is 19.1 Å². The Hall–Kier alpha value is -2.35. The summed E-state index contributed by atoms with van der Waals surface area (Å²) in [6, 6.07) is 15.8. The maximum absolute atomic E-state index is 14.8. The number of nitrogens with zero attached hydrogens (tertiary/aromatic N) is 1. The molecule has 0 aromatic heterocycles. The van der Waals surface area contributed by atoms with Crippen molar-refractivity contribution in [1.29, 1.82) is 0 Å². The Morgan fingerprint density at radius 3 is 2.03 bits per heavy atom. The molecular formula is C26H25Cl2F4NOSi. The summed E-state index contributed by atoms with van der Waals surface area (Å²) < 4.78 is 54.7. The lowest BCUT2D eigenvalue weighted by Gasteiger charge is -2.25. The first-order chi connectivity index (χ1) is 16.3. The molecule has 0 N–H and O–H groups in total. The molecule has 2 nitrogen and oxygen atoms in total. The molecule has 0 aliphatic rings. The van der Waals surface area contributed by atoms with Gasteiger partial charge in [0.25, 0.3) is 5.91 Å². The second kappa shape index (κ2) is 10.7. The predicted octanol–water partition coefficient (Wildman–Crippen LogP) is 7.58. The highest BCUT2D eigenvalue weighted by Crippen LogP contribution is 2.34. The van der Waals surface area contributed by atoms with Gasteiger partial charge in [-0.15, -0.1) is 0 Å². The van der Waals surface area contributed by atoms with Gasteiger partial charge in [-0.05, 0) is 41.8 Å². The zero-order valence-corrected chi connectivity index (χ0v) is 22.0. The van der Waals surface area contributed by atoms with Gasteiger partial charge in [-0.1, -0.05) is 84.4 Å². The first-order valence-electron chi connectivity index (χ1n) is 10.9. The van der Waals surface area contributed by atoms with E-state index in [0.29, 0.717) is 23.6 Å². The van der Waals surface area contributed by atoms with Crippen molar-refractivity contribution in [3.63, 3.8) is 0 Å². The Kier molecular flexibility index (Phi) is 8.35. The van der Waals surface area contributed by atoms with Gasteiger partial charge in [-0.2, -0.15) is 13.2 Å². The summed E-state index contributed by atoms with van der Waals surface area (Å²) >= 11 is 11.7. The van der Waals surface area contributed by atoms with Crippen LogP contribution in [-0.4, -0.2) is 25.4 Å². The fraction of sp³-hybridized carbons (Fsp3) is 0.269. The molecule has 0 saturated heterocycles. The van der Waals surface area contributed by atoms with Crippen LogP contribution in [0.3, 0.4) is 0 Å². The molecule has 0 aliphatic carbocycles. The third kappa shape index (κ3) is 7.09. The third-order valence-corrected chi connectivity index (χ3v) is 8.24. The van der Waals surface area contributed by atoms with E-state index in [1.165, 1.54) is 10.1 Å².